The third-order valence-corrected chi connectivity index (χ3v) is 1.45. The zero-order valence-electron chi connectivity index (χ0n) is 4.91. The highest BCUT2D eigenvalue weighted by molar-refractivity contribution is 5.70. The summed E-state index contributed by atoms with van der Waals surface area (Å²) in [5.74, 6) is -1.36. The lowest BCUT2D eigenvalue weighted by Gasteiger charge is -2.06. The van der Waals surface area contributed by atoms with Crippen LogP contribution in [0.3, 0.4) is 0 Å². The van der Waals surface area contributed by atoms with Crippen molar-refractivity contribution in [2.45, 2.75) is 12.6 Å². The van der Waals surface area contributed by atoms with Crippen molar-refractivity contribution in [3.8, 4) is 0 Å². The highest BCUT2D eigenvalue weighted by Gasteiger charge is 2.30. The van der Waals surface area contributed by atoms with Crippen LogP contribution < -0.4 is 5.73 Å². The molecular formula is C5H9NO3. The van der Waals surface area contributed by atoms with E-state index in [4.69, 9.17) is 15.6 Å². The van der Waals surface area contributed by atoms with Gasteiger partial charge in [-0.25, -0.2) is 0 Å². The van der Waals surface area contributed by atoms with Gasteiger partial charge in [0.15, 0.2) is 0 Å². The Morgan fingerprint density at radius 1 is 1.78 bits per heavy atom. The minimum Gasteiger partial charge on any atom is -0.481 e. The average molecular weight is 131 g/mol. The molecule has 1 aliphatic rings. The molecule has 9 heavy (non-hydrogen) atoms. The van der Waals surface area contributed by atoms with E-state index in [1.54, 1.807) is 0 Å². The molecule has 0 aromatic rings. The van der Waals surface area contributed by atoms with Crippen molar-refractivity contribution in [2.24, 2.45) is 11.7 Å². The Kier molecular flexibility index (Phi) is 1.68. The molecule has 3 N–H and O–H groups in total. The number of aliphatic carboxylic acids is 1. The first-order valence-electron chi connectivity index (χ1n) is 2.82. The van der Waals surface area contributed by atoms with Gasteiger partial charge in [-0.15, -0.1) is 0 Å². The number of carboxylic acid groups (broad SMARTS) is 1. The predicted octanol–water partition coefficient (Wildman–Crippen LogP) is -0.608. The van der Waals surface area contributed by atoms with E-state index in [1.165, 1.54) is 0 Å². The SMILES string of the molecule is NC1OCCC1C(=O)O. The third kappa shape index (κ3) is 1.20. The molecule has 1 aliphatic heterocycles. The van der Waals surface area contributed by atoms with Gasteiger partial charge in [0.1, 0.15) is 6.23 Å². The van der Waals surface area contributed by atoms with Crippen molar-refractivity contribution < 1.29 is 14.6 Å². The molecule has 1 fully saturated rings. The van der Waals surface area contributed by atoms with Gasteiger partial charge in [-0.05, 0) is 6.42 Å². The van der Waals surface area contributed by atoms with Crippen LogP contribution in [-0.2, 0) is 9.53 Å². The van der Waals surface area contributed by atoms with Gasteiger partial charge in [-0.3, -0.25) is 4.79 Å². The fraction of sp³-hybridized carbons (Fsp3) is 0.800. The van der Waals surface area contributed by atoms with Crippen molar-refractivity contribution >= 4 is 5.97 Å². The normalized spacial score (nSPS) is 34.8. The lowest BCUT2D eigenvalue weighted by molar-refractivity contribution is -0.143. The highest BCUT2D eigenvalue weighted by atomic mass is 16.5. The standard InChI is InChI=1S/C5H9NO3/c6-4-3(5(7)8)1-2-9-4/h3-4H,1-2,6H2,(H,7,8). The van der Waals surface area contributed by atoms with Crippen LogP contribution in [0.4, 0.5) is 0 Å². The third-order valence-electron chi connectivity index (χ3n) is 1.45. The lowest BCUT2D eigenvalue weighted by atomic mass is 10.1. The molecule has 0 aliphatic carbocycles. The van der Waals surface area contributed by atoms with E-state index in [9.17, 15) is 4.79 Å². The Morgan fingerprint density at radius 2 is 2.44 bits per heavy atom. The summed E-state index contributed by atoms with van der Waals surface area (Å²) in [6, 6.07) is 0. The van der Waals surface area contributed by atoms with Crippen LogP contribution in [-0.4, -0.2) is 23.9 Å². The number of hydrogen-bond acceptors (Lipinski definition) is 3. The summed E-state index contributed by atoms with van der Waals surface area (Å²) in [6.07, 6.45) is -0.0567. The number of rotatable bonds is 1. The van der Waals surface area contributed by atoms with Crippen LogP contribution in [0.25, 0.3) is 0 Å². The molecule has 1 saturated heterocycles. The molecule has 2 atom stereocenters. The predicted molar refractivity (Wildman–Crippen MR) is 29.7 cm³/mol. The quantitative estimate of drug-likeness (QED) is 0.498. The van der Waals surface area contributed by atoms with E-state index in [1.807, 2.05) is 0 Å². The number of ether oxygens (including phenoxy) is 1. The Bertz CT molecular complexity index is 125. The zero-order chi connectivity index (χ0) is 6.85. The van der Waals surface area contributed by atoms with E-state index in [2.05, 4.69) is 0 Å². The first-order valence-corrected chi connectivity index (χ1v) is 2.82. The summed E-state index contributed by atoms with van der Waals surface area (Å²) < 4.78 is 4.82. The molecule has 52 valence electrons. The summed E-state index contributed by atoms with van der Waals surface area (Å²) in [7, 11) is 0. The maximum Gasteiger partial charge on any atom is 0.310 e. The van der Waals surface area contributed by atoms with Crippen LogP contribution in [0.1, 0.15) is 6.42 Å². The van der Waals surface area contributed by atoms with Gasteiger partial charge in [-0.2, -0.15) is 0 Å². The van der Waals surface area contributed by atoms with Gasteiger partial charge >= 0.3 is 5.97 Å². The van der Waals surface area contributed by atoms with Gasteiger partial charge in [-0.1, -0.05) is 0 Å². The number of carbonyl (C=O) groups is 1. The fourth-order valence-electron chi connectivity index (χ4n) is 0.876. The van der Waals surface area contributed by atoms with Crippen LogP contribution in [0.15, 0.2) is 0 Å². The van der Waals surface area contributed by atoms with Crippen LogP contribution >= 0.6 is 0 Å². The van der Waals surface area contributed by atoms with E-state index < -0.39 is 18.1 Å². The molecule has 0 saturated carbocycles. The Hall–Kier alpha value is -0.610. The number of carboxylic acids is 1. The van der Waals surface area contributed by atoms with Crippen molar-refractivity contribution in [3.05, 3.63) is 0 Å². The molecule has 0 aromatic carbocycles. The molecule has 0 bridgehead atoms. The van der Waals surface area contributed by atoms with Crippen molar-refractivity contribution in [1.29, 1.82) is 0 Å². The Morgan fingerprint density at radius 3 is 2.67 bits per heavy atom. The monoisotopic (exact) mass is 131 g/mol. The Balaban J connectivity index is 2.49. The largest absolute Gasteiger partial charge is 0.481 e. The van der Waals surface area contributed by atoms with E-state index >= 15 is 0 Å². The molecule has 0 spiro atoms. The summed E-state index contributed by atoms with van der Waals surface area (Å²) in [5, 5.41) is 8.42. The van der Waals surface area contributed by atoms with E-state index in [0.29, 0.717) is 13.0 Å². The second-order valence-electron chi connectivity index (χ2n) is 2.07. The van der Waals surface area contributed by atoms with Gasteiger partial charge < -0.3 is 15.6 Å². The van der Waals surface area contributed by atoms with Gasteiger partial charge in [0.25, 0.3) is 0 Å². The van der Waals surface area contributed by atoms with Crippen molar-refractivity contribution in [1.82, 2.24) is 0 Å². The second kappa shape index (κ2) is 2.33. The second-order valence-corrected chi connectivity index (χ2v) is 2.07. The van der Waals surface area contributed by atoms with E-state index in [0.717, 1.165) is 0 Å². The smallest absolute Gasteiger partial charge is 0.310 e. The summed E-state index contributed by atoms with van der Waals surface area (Å²) >= 11 is 0. The zero-order valence-corrected chi connectivity index (χ0v) is 4.91. The molecule has 1 heterocycles. The van der Waals surface area contributed by atoms with Crippen molar-refractivity contribution in [2.75, 3.05) is 6.61 Å². The molecule has 0 radical (unpaired) electrons. The van der Waals surface area contributed by atoms with Crippen molar-refractivity contribution in [3.63, 3.8) is 0 Å². The maximum atomic E-state index is 10.3. The highest BCUT2D eigenvalue weighted by Crippen LogP contribution is 2.16. The molecule has 0 aromatic heterocycles. The molecular weight excluding hydrogens is 122 g/mol. The summed E-state index contributed by atoms with van der Waals surface area (Å²) in [5.41, 5.74) is 5.28. The number of hydrogen-bond donors (Lipinski definition) is 2. The van der Waals surface area contributed by atoms with Gasteiger partial charge in [0.05, 0.1) is 5.92 Å². The van der Waals surface area contributed by atoms with E-state index in [-0.39, 0.29) is 0 Å². The molecule has 2 unspecified atom stereocenters. The summed E-state index contributed by atoms with van der Waals surface area (Å²) in [6.45, 7) is 0.470. The Labute approximate surface area is 52.6 Å². The van der Waals surface area contributed by atoms with Crippen LogP contribution in [0, 0.1) is 5.92 Å². The average Bonchev–Trinajstić information content (AvgIpc) is 2.13. The topological polar surface area (TPSA) is 72.5 Å². The maximum absolute atomic E-state index is 10.3. The van der Waals surface area contributed by atoms with Crippen LogP contribution in [0.2, 0.25) is 0 Å². The molecule has 4 nitrogen and oxygen atoms in total. The van der Waals surface area contributed by atoms with Crippen LogP contribution in [0.5, 0.6) is 0 Å². The molecule has 4 heteroatoms. The minimum absolute atomic E-state index is 0.470. The minimum atomic E-state index is -0.861. The van der Waals surface area contributed by atoms with Gasteiger partial charge in [0.2, 0.25) is 0 Å². The first-order chi connectivity index (χ1) is 4.22. The fourth-order valence-corrected chi connectivity index (χ4v) is 0.876. The first kappa shape index (κ1) is 6.51. The molecule has 1 rings (SSSR count). The number of nitrogens with two attached hydrogens (primary N) is 1. The summed E-state index contributed by atoms with van der Waals surface area (Å²) in [4.78, 5) is 10.3. The molecule has 0 amide bonds. The lowest BCUT2D eigenvalue weighted by Crippen LogP contribution is -2.31. The van der Waals surface area contributed by atoms with Gasteiger partial charge in [0, 0.05) is 6.61 Å².